The van der Waals surface area contributed by atoms with Gasteiger partial charge in [0, 0.05) is 37.4 Å². The number of carbonyl (C=O) groups is 1. The number of anilines is 2. The van der Waals surface area contributed by atoms with Crippen LogP contribution in [0.25, 0.3) is 0 Å². The van der Waals surface area contributed by atoms with Crippen molar-refractivity contribution in [1.29, 1.82) is 5.26 Å². The Bertz CT molecular complexity index is 850. The molecule has 1 aliphatic heterocycles. The standard InChI is InChI=1S/C22H26N4O2/c1-2-3-14-28-20-7-4-17(5-8-20)22(27)26-12-10-25(11-13-26)21-9-6-19(24)15-18(21)16-23/h4-9,15H,2-3,10-14,24H2,1H3. The Hall–Kier alpha value is -3.20. The Morgan fingerprint density at radius 3 is 2.50 bits per heavy atom. The molecule has 0 atom stereocenters. The highest BCUT2D eigenvalue weighted by atomic mass is 16.5. The molecule has 28 heavy (non-hydrogen) atoms. The molecule has 0 aliphatic carbocycles. The third-order valence-corrected chi connectivity index (χ3v) is 4.92. The number of carbonyl (C=O) groups excluding carboxylic acids is 1. The van der Waals surface area contributed by atoms with Crippen LogP contribution in [0.2, 0.25) is 0 Å². The van der Waals surface area contributed by atoms with E-state index in [9.17, 15) is 10.1 Å². The Kier molecular flexibility index (Phi) is 6.38. The number of unbranched alkanes of at least 4 members (excludes halogenated alkanes) is 1. The van der Waals surface area contributed by atoms with E-state index in [0.29, 0.717) is 49.6 Å². The number of piperazine rings is 1. The molecule has 6 nitrogen and oxygen atoms in total. The number of nitrogens with zero attached hydrogens (tertiary/aromatic N) is 3. The average molecular weight is 378 g/mol. The first-order chi connectivity index (χ1) is 13.6. The van der Waals surface area contributed by atoms with Crippen molar-refractivity contribution in [2.45, 2.75) is 19.8 Å². The molecule has 0 saturated carbocycles. The second-order valence-corrected chi connectivity index (χ2v) is 6.89. The van der Waals surface area contributed by atoms with Gasteiger partial charge in [-0.05, 0) is 48.9 Å². The Balaban J connectivity index is 1.59. The molecule has 0 radical (unpaired) electrons. The smallest absolute Gasteiger partial charge is 0.253 e. The fraction of sp³-hybridized carbons (Fsp3) is 0.364. The first-order valence-corrected chi connectivity index (χ1v) is 9.69. The topological polar surface area (TPSA) is 82.6 Å². The van der Waals surface area contributed by atoms with Gasteiger partial charge in [0.2, 0.25) is 0 Å². The summed E-state index contributed by atoms with van der Waals surface area (Å²) in [6.45, 7) is 5.41. The summed E-state index contributed by atoms with van der Waals surface area (Å²) in [4.78, 5) is 16.8. The van der Waals surface area contributed by atoms with Gasteiger partial charge in [0.25, 0.3) is 5.91 Å². The summed E-state index contributed by atoms with van der Waals surface area (Å²) in [6, 6.07) is 14.9. The van der Waals surface area contributed by atoms with E-state index < -0.39 is 0 Å². The highest BCUT2D eigenvalue weighted by molar-refractivity contribution is 5.94. The maximum Gasteiger partial charge on any atom is 0.253 e. The van der Waals surface area contributed by atoms with Gasteiger partial charge in [-0.3, -0.25) is 4.79 Å². The van der Waals surface area contributed by atoms with E-state index in [0.717, 1.165) is 24.3 Å². The third kappa shape index (κ3) is 4.55. The number of nitrogens with two attached hydrogens (primary N) is 1. The van der Waals surface area contributed by atoms with Crippen molar-refractivity contribution >= 4 is 17.3 Å². The van der Waals surface area contributed by atoms with Crippen LogP contribution in [0.5, 0.6) is 5.75 Å². The minimum Gasteiger partial charge on any atom is -0.494 e. The average Bonchev–Trinajstić information content (AvgIpc) is 2.74. The van der Waals surface area contributed by atoms with E-state index in [2.05, 4.69) is 17.9 Å². The van der Waals surface area contributed by atoms with Gasteiger partial charge >= 0.3 is 0 Å². The van der Waals surface area contributed by atoms with Crippen LogP contribution < -0.4 is 15.4 Å². The number of hydrogen-bond acceptors (Lipinski definition) is 5. The molecule has 1 amide bonds. The summed E-state index contributed by atoms with van der Waals surface area (Å²) < 4.78 is 5.65. The van der Waals surface area contributed by atoms with E-state index in [-0.39, 0.29) is 5.91 Å². The van der Waals surface area contributed by atoms with Crippen molar-refractivity contribution in [1.82, 2.24) is 4.90 Å². The molecule has 2 aromatic carbocycles. The summed E-state index contributed by atoms with van der Waals surface area (Å²) in [6.07, 6.45) is 2.11. The lowest BCUT2D eigenvalue weighted by molar-refractivity contribution is 0.0746. The molecule has 146 valence electrons. The summed E-state index contributed by atoms with van der Waals surface area (Å²) in [7, 11) is 0. The van der Waals surface area contributed by atoms with Crippen LogP contribution in [-0.4, -0.2) is 43.6 Å². The van der Waals surface area contributed by atoms with Crippen LogP contribution in [-0.2, 0) is 0 Å². The molecular weight excluding hydrogens is 352 g/mol. The number of nitrogen functional groups attached to an aromatic ring is 1. The molecule has 0 bridgehead atoms. The van der Waals surface area contributed by atoms with Crippen LogP contribution >= 0.6 is 0 Å². The predicted molar refractivity (Wildman–Crippen MR) is 111 cm³/mol. The van der Waals surface area contributed by atoms with Gasteiger partial charge in [-0.1, -0.05) is 13.3 Å². The molecule has 1 heterocycles. The predicted octanol–water partition coefficient (Wildman–Crippen LogP) is 3.28. The fourth-order valence-electron chi connectivity index (χ4n) is 3.28. The Morgan fingerprint density at radius 2 is 1.86 bits per heavy atom. The molecule has 6 heteroatoms. The Morgan fingerprint density at radius 1 is 1.14 bits per heavy atom. The monoisotopic (exact) mass is 378 g/mol. The number of nitriles is 1. The van der Waals surface area contributed by atoms with E-state index in [1.54, 1.807) is 12.1 Å². The zero-order valence-electron chi connectivity index (χ0n) is 16.2. The van der Waals surface area contributed by atoms with Crippen molar-refractivity contribution in [2.24, 2.45) is 0 Å². The highest BCUT2D eigenvalue weighted by Crippen LogP contribution is 2.24. The number of amides is 1. The summed E-state index contributed by atoms with van der Waals surface area (Å²) >= 11 is 0. The van der Waals surface area contributed by atoms with Crippen LogP contribution in [0.1, 0.15) is 35.7 Å². The molecule has 2 aromatic rings. The quantitative estimate of drug-likeness (QED) is 0.616. The van der Waals surface area contributed by atoms with E-state index in [1.165, 1.54) is 0 Å². The number of rotatable bonds is 6. The Labute approximate surface area is 166 Å². The molecule has 1 aliphatic rings. The van der Waals surface area contributed by atoms with E-state index >= 15 is 0 Å². The van der Waals surface area contributed by atoms with Crippen molar-refractivity contribution in [3.8, 4) is 11.8 Å². The van der Waals surface area contributed by atoms with Crippen LogP contribution in [0, 0.1) is 11.3 Å². The van der Waals surface area contributed by atoms with Gasteiger partial charge in [0.1, 0.15) is 11.8 Å². The van der Waals surface area contributed by atoms with Crippen molar-refractivity contribution in [3.05, 3.63) is 53.6 Å². The lowest BCUT2D eigenvalue weighted by Crippen LogP contribution is -2.49. The molecule has 1 fully saturated rings. The maximum atomic E-state index is 12.8. The van der Waals surface area contributed by atoms with Gasteiger partial charge in [-0.15, -0.1) is 0 Å². The van der Waals surface area contributed by atoms with Gasteiger partial charge in [-0.25, -0.2) is 0 Å². The number of hydrogen-bond donors (Lipinski definition) is 1. The lowest BCUT2D eigenvalue weighted by atomic mass is 10.1. The summed E-state index contributed by atoms with van der Waals surface area (Å²) in [5.41, 5.74) is 8.46. The third-order valence-electron chi connectivity index (χ3n) is 4.92. The second kappa shape index (κ2) is 9.14. The maximum absolute atomic E-state index is 12.8. The van der Waals surface area contributed by atoms with Crippen molar-refractivity contribution in [2.75, 3.05) is 43.4 Å². The van der Waals surface area contributed by atoms with Gasteiger partial charge < -0.3 is 20.3 Å². The van der Waals surface area contributed by atoms with Crippen molar-refractivity contribution in [3.63, 3.8) is 0 Å². The molecule has 2 N–H and O–H groups in total. The molecule has 0 spiro atoms. The first kappa shape index (κ1) is 19.6. The lowest BCUT2D eigenvalue weighted by Gasteiger charge is -2.36. The molecular formula is C22H26N4O2. The van der Waals surface area contributed by atoms with Crippen molar-refractivity contribution < 1.29 is 9.53 Å². The highest BCUT2D eigenvalue weighted by Gasteiger charge is 2.23. The number of ether oxygens (including phenoxy) is 1. The largest absolute Gasteiger partial charge is 0.494 e. The van der Waals surface area contributed by atoms with Gasteiger partial charge in [-0.2, -0.15) is 5.26 Å². The first-order valence-electron chi connectivity index (χ1n) is 9.69. The summed E-state index contributed by atoms with van der Waals surface area (Å²) in [5.74, 6) is 0.819. The molecule has 0 unspecified atom stereocenters. The zero-order chi connectivity index (χ0) is 19.9. The van der Waals surface area contributed by atoms with Crippen LogP contribution in [0.3, 0.4) is 0 Å². The van der Waals surface area contributed by atoms with Crippen LogP contribution in [0.4, 0.5) is 11.4 Å². The molecule has 1 saturated heterocycles. The number of benzene rings is 2. The van der Waals surface area contributed by atoms with Gasteiger partial charge in [0.15, 0.2) is 0 Å². The molecule has 3 rings (SSSR count). The van der Waals surface area contributed by atoms with E-state index in [1.807, 2.05) is 35.2 Å². The minimum atomic E-state index is 0.0255. The zero-order valence-corrected chi connectivity index (χ0v) is 16.2. The van der Waals surface area contributed by atoms with E-state index in [4.69, 9.17) is 10.5 Å². The molecule has 0 aromatic heterocycles. The fourth-order valence-corrected chi connectivity index (χ4v) is 3.28. The normalized spacial score (nSPS) is 13.9. The minimum absolute atomic E-state index is 0.0255. The summed E-state index contributed by atoms with van der Waals surface area (Å²) in [5, 5.41) is 9.35. The second-order valence-electron chi connectivity index (χ2n) is 6.89. The van der Waals surface area contributed by atoms with Crippen LogP contribution in [0.15, 0.2) is 42.5 Å². The SMILES string of the molecule is CCCCOc1ccc(C(=O)N2CCN(c3ccc(N)cc3C#N)CC2)cc1. The van der Waals surface area contributed by atoms with Gasteiger partial charge in [0.05, 0.1) is 17.9 Å².